The summed E-state index contributed by atoms with van der Waals surface area (Å²) in [6.07, 6.45) is 8.76. The van der Waals surface area contributed by atoms with E-state index in [1.807, 2.05) is 78.9 Å². The summed E-state index contributed by atoms with van der Waals surface area (Å²) < 4.78 is 0. The highest BCUT2D eigenvalue weighted by molar-refractivity contribution is 5.38. The Kier molecular flexibility index (Phi) is 5.66. The normalized spacial score (nSPS) is 11.1. The van der Waals surface area contributed by atoms with Crippen molar-refractivity contribution in [2.75, 3.05) is 0 Å². The van der Waals surface area contributed by atoms with Gasteiger partial charge in [-0.3, -0.25) is 19.9 Å². The maximum atomic E-state index is 4.63. The van der Waals surface area contributed by atoms with Crippen molar-refractivity contribution in [2.45, 2.75) is 11.8 Å². The molecule has 5 heterocycles. The van der Waals surface area contributed by atoms with Crippen LogP contribution in [0.3, 0.4) is 0 Å². The standard InChI is InChI=1S/C26H20N6/c1-5-13-27-19(9-1)25(20-10-2-6-14-28-20)23-17-24(32-18-31-23)26(21-11-3-7-15-29-21)22-12-4-8-16-30-22/h1-18,25-26H. The molecule has 0 bridgehead atoms. The summed E-state index contributed by atoms with van der Waals surface area (Å²) in [4.78, 5) is 27.7. The van der Waals surface area contributed by atoms with Crippen molar-refractivity contribution in [1.82, 2.24) is 29.9 Å². The second-order valence-corrected chi connectivity index (χ2v) is 7.25. The highest BCUT2D eigenvalue weighted by atomic mass is 14.9. The molecule has 0 N–H and O–H groups in total. The van der Waals surface area contributed by atoms with Gasteiger partial charge in [-0.15, -0.1) is 0 Å². The molecule has 0 aromatic carbocycles. The smallest absolute Gasteiger partial charge is 0.116 e. The van der Waals surface area contributed by atoms with Gasteiger partial charge in [-0.25, -0.2) is 9.97 Å². The fourth-order valence-corrected chi connectivity index (χ4v) is 3.80. The highest BCUT2D eigenvalue weighted by Gasteiger charge is 2.25. The molecule has 154 valence electrons. The lowest BCUT2D eigenvalue weighted by Gasteiger charge is -2.19. The van der Waals surface area contributed by atoms with Gasteiger partial charge in [0.1, 0.15) is 6.33 Å². The van der Waals surface area contributed by atoms with Gasteiger partial charge in [-0.1, -0.05) is 24.3 Å². The van der Waals surface area contributed by atoms with Gasteiger partial charge in [0.05, 0.1) is 46.0 Å². The molecule has 0 saturated heterocycles. The topological polar surface area (TPSA) is 77.3 Å². The fourth-order valence-electron chi connectivity index (χ4n) is 3.80. The Morgan fingerprint density at radius 3 is 1.00 bits per heavy atom. The van der Waals surface area contributed by atoms with Crippen LogP contribution in [0.4, 0.5) is 0 Å². The number of rotatable bonds is 6. The zero-order chi connectivity index (χ0) is 21.6. The third-order valence-corrected chi connectivity index (χ3v) is 5.24. The Labute approximate surface area is 186 Å². The van der Waals surface area contributed by atoms with E-state index in [9.17, 15) is 0 Å². The number of pyridine rings is 4. The Hall–Kier alpha value is -4.32. The van der Waals surface area contributed by atoms with Crippen LogP contribution >= 0.6 is 0 Å². The molecule has 0 radical (unpaired) electrons. The molecule has 6 heteroatoms. The molecule has 0 saturated carbocycles. The van der Waals surface area contributed by atoms with Crippen molar-refractivity contribution in [1.29, 1.82) is 0 Å². The van der Waals surface area contributed by atoms with Gasteiger partial charge in [0.2, 0.25) is 0 Å². The van der Waals surface area contributed by atoms with E-state index in [0.717, 1.165) is 34.2 Å². The van der Waals surface area contributed by atoms with E-state index in [4.69, 9.17) is 0 Å². The van der Waals surface area contributed by atoms with Crippen LogP contribution in [0, 0.1) is 0 Å². The number of aromatic nitrogens is 6. The van der Waals surface area contributed by atoms with E-state index < -0.39 is 0 Å². The van der Waals surface area contributed by atoms with E-state index in [1.165, 1.54) is 0 Å². The summed E-state index contributed by atoms with van der Waals surface area (Å²) in [6.45, 7) is 0. The lowest BCUT2D eigenvalue weighted by Crippen LogP contribution is -2.13. The van der Waals surface area contributed by atoms with Gasteiger partial charge in [0, 0.05) is 24.8 Å². The molecule has 5 rings (SSSR count). The number of hydrogen-bond donors (Lipinski definition) is 0. The Balaban J connectivity index is 1.65. The first-order chi connectivity index (χ1) is 15.9. The van der Waals surface area contributed by atoms with Crippen molar-refractivity contribution in [3.63, 3.8) is 0 Å². The van der Waals surface area contributed by atoms with Crippen LogP contribution in [-0.4, -0.2) is 29.9 Å². The first-order valence-corrected chi connectivity index (χ1v) is 10.4. The van der Waals surface area contributed by atoms with Gasteiger partial charge in [-0.2, -0.15) is 0 Å². The van der Waals surface area contributed by atoms with Crippen LogP contribution < -0.4 is 0 Å². The quantitative estimate of drug-likeness (QED) is 0.408. The summed E-state index contributed by atoms with van der Waals surface area (Å²) in [6, 6.07) is 25.5. The van der Waals surface area contributed by atoms with Crippen molar-refractivity contribution < 1.29 is 0 Å². The molecule has 5 aromatic heterocycles. The predicted octanol–water partition coefficient (Wildman–Crippen LogP) is 4.42. The molecule has 0 spiro atoms. The van der Waals surface area contributed by atoms with Gasteiger partial charge >= 0.3 is 0 Å². The van der Waals surface area contributed by atoms with Gasteiger partial charge < -0.3 is 0 Å². The third-order valence-electron chi connectivity index (χ3n) is 5.24. The van der Waals surface area contributed by atoms with Crippen LogP contribution in [0.15, 0.2) is 110 Å². The summed E-state index contributed by atoms with van der Waals surface area (Å²) in [5.41, 5.74) is 5.16. The highest BCUT2D eigenvalue weighted by Crippen LogP contribution is 2.32. The average molecular weight is 416 g/mol. The van der Waals surface area contributed by atoms with E-state index in [-0.39, 0.29) is 11.8 Å². The van der Waals surface area contributed by atoms with Crippen molar-refractivity contribution >= 4 is 0 Å². The van der Waals surface area contributed by atoms with Crippen molar-refractivity contribution in [2.24, 2.45) is 0 Å². The zero-order valence-corrected chi connectivity index (χ0v) is 17.2. The second-order valence-electron chi connectivity index (χ2n) is 7.25. The van der Waals surface area contributed by atoms with Gasteiger partial charge in [0.15, 0.2) is 0 Å². The molecule has 6 nitrogen and oxygen atoms in total. The fraction of sp³-hybridized carbons (Fsp3) is 0.0769. The average Bonchev–Trinajstić information content (AvgIpc) is 2.87. The van der Waals surface area contributed by atoms with Gasteiger partial charge in [-0.05, 0) is 54.6 Å². The molecule has 32 heavy (non-hydrogen) atoms. The minimum absolute atomic E-state index is 0.215. The lowest BCUT2D eigenvalue weighted by molar-refractivity contribution is 0.791. The second kappa shape index (κ2) is 9.22. The molecule has 0 aliphatic rings. The predicted molar refractivity (Wildman–Crippen MR) is 121 cm³/mol. The van der Waals surface area contributed by atoms with Gasteiger partial charge in [0.25, 0.3) is 0 Å². The molecule has 0 aliphatic carbocycles. The van der Waals surface area contributed by atoms with E-state index in [2.05, 4.69) is 29.9 Å². The van der Waals surface area contributed by atoms with E-state index in [1.54, 1.807) is 31.1 Å². The van der Waals surface area contributed by atoms with E-state index in [0.29, 0.717) is 0 Å². The monoisotopic (exact) mass is 416 g/mol. The molecule has 0 unspecified atom stereocenters. The largest absolute Gasteiger partial charge is 0.260 e. The summed E-state index contributed by atoms with van der Waals surface area (Å²) in [7, 11) is 0. The van der Waals surface area contributed by atoms with Crippen LogP contribution in [0.1, 0.15) is 46.0 Å². The third kappa shape index (κ3) is 4.11. The maximum absolute atomic E-state index is 4.63. The maximum Gasteiger partial charge on any atom is 0.116 e. The Morgan fingerprint density at radius 2 is 0.719 bits per heavy atom. The molecule has 0 amide bonds. The van der Waals surface area contributed by atoms with Crippen LogP contribution in [0.2, 0.25) is 0 Å². The first kappa shape index (κ1) is 19.6. The number of nitrogens with zero attached hydrogens (tertiary/aromatic N) is 6. The molecule has 0 atom stereocenters. The minimum atomic E-state index is -0.215. The summed E-state index contributed by atoms with van der Waals surface area (Å²) >= 11 is 0. The Morgan fingerprint density at radius 1 is 0.375 bits per heavy atom. The molecule has 0 fully saturated rings. The van der Waals surface area contributed by atoms with E-state index >= 15 is 0 Å². The SMILES string of the molecule is c1ccc(C(c2ccccn2)c2cc(C(c3ccccn3)c3ccccn3)ncn2)nc1. The zero-order valence-electron chi connectivity index (χ0n) is 17.2. The first-order valence-electron chi connectivity index (χ1n) is 10.4. The lowest BCUT2D eigenvalue weighted by atomic mass is 9.91. The Bertz CT molecular complexity index is 1090. The molecular formula is C26H20N6. The van der Waals surface area contributed by atoms with Crippen molar-refractivity contribution in [3.8, 4) is 0 Å². The van der Waals surface area contributed by atoms with Crippen LogP contribution in [-0.2, 0) is 0 Å². The van der Waals surface area contributed by atoms with Crippen LogP contribution in [0.25, 0.3) is 0 Å². The van der Waals surface area contributed by atoms with Crippen molar-refractivity contribution in [3.05, 3.63) is 144 Å². The van der Waals surface area contributed by atoms with Crippen LogP contribution in [0.5, 0.6) is 0 Å². The number of hydrogen-bond acceptors (Lipinski definition) is 6. The summed E-state index contributed by atoms with van der Waals surface area (Å²) in [5, 5.41) is 0. The molecule has 0 aliphatic heterocycles. The molecular weight excluding hydrogens is 396 g/mol. The summed E-state index contributed by atoms with van der Waals surface area (Å²) in [5.74, 6) is -0.431. The molecule has 5 aromatic rings. The minimum Gasteiger partial charge on any atom is -0.260 e.